The van der Waals surface area contributed by atoms with E-state index in [9.17, 15) is 9.59 Å². The average Bonchev–Trinajstić information content (AvgIpc) is 3.70. The molecule has 1 unspecified atom stereocenters. The Kier molecular flexibility index (Phi) is 8.14. The molecule has 1 atom stereocenters. The quantitative estimate of drug-likeness (QED) is 0.259. The largest absolute Gasteiger partial charge is 0.494 e. The normalized spacial score (nSPS) is 15.8. The summed E-state index contributed by atoms with van der Waals surface area (Å²) in [6.45, 7) is 6.99. The van der Waals surface area contributed by atoms with Crippen LogP contribution < -0.4 is 16.2 Å². The minimum Gasteiger partial charge on any atom is -0.494 e. The van der Waals surface area contributed by atoms with Crippen LogP contribution in [0.4, 0.5) is 11.4 Å². The Hall–Kier alpha value is -3.75. The highest BCUT2D eigenvalue weighted by Crippen LogP contribution is 2.34. The Morgan fingerprint density at radius 1 is 1.18 bits per heavy atom. The summed E-state index contributed by atoms with van der Waals surface area (Å²) in [7, 11) is 1.87. The fraction of sp³-hybridized carbons (Fsp3) is 0.483. The first kappa shape index (κ1) is 27.3. The number of hydrogen-bond acceptors (Lipinski definition) is 8. The van der Waals surface area contributed by atoms with Crippen molar-refractivity contribution in [3.05, 3.63) is 53.6 Å². The zero-order valence-corrected chi connectivity index (χ0v) is 22.8. The van der Waals surface area contributed by atoms with Crippen molar-refractivity contribution in [2.45, 2.75) is 64.6 Å². The molecule has 1 saturated carbocycles. The van der Waals surface area contributed by atoms with E-state index in [-0.39, 0.29) is 11.9 Å². The number of guanidine groups is 1. The van der Waals surface area contributed by atoms with Crippen molar-refractivity contribution in [2.24, 2.45) is 16.6 Å². The third-order valence-corrected chi connectivity index (χ3v) is 7.24. The van der Waals surface area contributed by atoms with Crippen molar-refractivity contribution in [3.8, 4) is 5.75 Å². The van der Waals surface area contributed by atoms with Gasteiger partial charge in [0.05, 0.1) is 12.3 Å². The Balaban J connectivity index is 1.35. The molecule has 4 rings (SSSR count). The maximum absolute atomic E-state index is 13.3. The van der Waals surface area contributed by atoms with Crippen LogP contribution in [0.25, 0.3) is 0 Å². The first-order chi connectivity index (χ1) is 18.1. The summed E-state index contributed by atoms with van der Waals surface area (Å²) in [5, 5.41) is 0. The lowest BCUT2D eigenvalue weighted by atomic mass is 10.00. The molecule has 1 aliphatic carbocycles. The molecule has 1 amide bonds. The highest BCUT2D eigenvalue weighted by Gasteiger charge is 2.40. The second kappa shape index (κ2) is 11.3. The number of anilines is 1. The number of rotatable bonds is 11. The van der Waals surface area contributed by atoms with E-state index in [0.29, 0.717) is 43.3 Å². The first-order valence-electron chi connectivity index (χ1n) is 13.2. The van der Waals surface area contributed by atoms with Gasteiger partial charge in [0.15, 0.2) is 5.96 Å². The van der Waals surface area contributed by atoms with E-state index in [1.165, 1.54) is 12.8 Å². The van der Waals surface area contributed by atoms with Gasteiger partial charge in [0.2, 0.25) is 5.91 Å². The molecule has 2 aromatic carbocycles. The van der Waals surface area contributed by atoms with Crippen LogP contribution in [0.1, 0.15) is 63.7 Å². The molecule has 4 N–H and O–H groups in total. The third-order valence-electron chi connectivity index (χ3n) is 7.24. The highest BCUT2D eigenvalue weighted by molar-refractivity contribution is 5.91. The molecule has 9 nitrogen and oxygen atoms in total. The predicted octanol–water partition coefficient (Wildman–Crippen LogP) is 4.14. The van der Waals surface area contributed by atoms with Crippen molar-refractivity contribution in [2.75, 3.05) is 25.9 Å². The highest BCUT2D eigenvalue weighted by atomic mass is 16.5. The van der Waals surface area contributed by atoms with E-state index in [4.69, 9.17) is 20.9 Å². The molecule has 0 spiro atoms. The second-order valence-corrected chi connectivity index (χ2v) is 10.8. The van der Waals surface area contributed by atoms with Crippen LogP contribution in [-0.4, -0.2) is 53.4 Å². The number of esters is 1. The molecule has 0 radical (unpaired) electrons. The molecule has 1 fully saturated rings. The van der Waals surface area contributed by atoms with Crippen LogP contribution in [-0.2, 0) is 20.9 Å². The monoisotopic (exact) mass is 521 g/mol. The Labute approximate surface area is 224 Å². The van der Waals surface area contributed by atoms with Crippen molar-refractivity contribution >= 4 is 29.2 Å². The number of aliphatic imine (C=N–C) groups is 1. The molecule has 9 heteroatoms. The van der Waals surface area contributed by atoms with Gasteiger partial charge in [-0.15, -0.1) is 0 Å². The maximum Gasteiger partial charge on any atom is 0.332 e. The lowest BCUT2D eigenvalue weighted by Gasteiger charge is -2.40. The lowest BCUT2D eigenvalue weighted by Crippen LogP contribution is -2.56. The second-order valence-electron chi connectivity index (χ2n) is 10.8. The van der Waals surface area contributed by atoms with Crippen LogP contribution in [0.3, 0.4) is 0 Å². The van der Waals surface area contributed by atoms with Crippen molar-refractivity contribution in [3.63, 3.8) is 0 Å². The molecule has 0 bridgehead atoms. The van der Waals surface area contributed by atoms with Gasteiger partial charge in [-0.3, -0.25) is 4.79 Å². The van der Waals surface area contributed by atoms with Crippen molar-refractivity contribution < 1.29 is 19.1 Å². The number of ether oxygens (including phenoxy) is 2. The van der Waals surface area contributed by atoms with Gasteiger partial charge < -0.3 is 30.7 Å². The minimum absolute atomic E-state index is 0.157. The van der Waals surface area contributed by atoms with E-state index in [2.05, 4.69) is 4.99 Å². The van der Waals surface area contributed by atoms with Crippen molar-refractivity contribution in [1.29, 1.82) is 0 Å². The topological polar surface area (TPSA) is 123 Å². The molecule has 204 valence electrons. The molecule has 2 aliphatic rings. The summed E-state index contributed by atoms with van der Waals surface area (Å²) < 4.78 is 11.7. The summed E-state index contributed by atoms with van der Waals surface area (Å²) in [6.07, 6.45) is 3.05. The summed E-state index contributed by atoms with van der Waals surface area (Å²) >= 11 is 0. The number of carbonyl (C=O) groups is 2. The van der Waals surface area contributed by atoms with Gasteiger partial charge in [-0.2, -0.15) is 0 Å². The van der Waals surface area contributed by atoms with Gasteiger partial charge in [-0.05, 0) is 70.2 Å². The van der Waals surface area contributed by atoms with Gasteiger partial charge in [-0.1, -0.05) is 18.2 Å². The van der Waals surface area contributed by atoms with Crippen LogP contribution in [0.5, 0.6) is 5.75 Å². The third kappa shape index (κ3) is 6.38. The molecule has 2 aromatic rings. The molecule has 0 aromatic heterocycles. The van der Waals surface area contributed by atoms with E-state index < -0.39 is 17.6 Å². The molecule has 0 saturated heterocycles. The number of amides is 1. The van der Waals surface area contributed by atoms with Crippen LogP contribution >= 0.6 is 0 Å². The van der Waals surface area contributed by atoms with E-state index in [1.54, 1.807) is 31.7 Å². The van der Waals surface area contributed by atoms with Crippen molar-refractivity contribution in [1.82, 2.24) is 9.80 Å². The summed E-state index contributed by atoms with van der Waals surface area (Å²) in [5.74, 6) is 1.34. The summed E-state index contributed by atoms with van der Waals surface area (Å²) in [6, 6.07) is 12.9. The Morgan fingerprint density at radius 3 is 2.63 bits per heavy atom. The number of fused-ring (bicyclic) bond motifs is 1. The Bertz CT molecular complexity index is 1210. The molecule has 1 heterocycles. The van der Waals surface area contributed by atoms with Crippen LogP contribution in [0.2, 0.25) is 0 Å². The number of benzene rings is 2. The van der Waals surface area contributed by atoms with Gasteiger partial charge in [0.25, 0.3) is 0 Å². The summed E-state index contributed by atoms with van der Waals surface area (Å²) in [5.41, 5.74) is 14.2. The average molecular weight is 522 g/mol. The van der Waals surface area contributed by atoms with E-state index in [0.717, 1.165) is 23.4 Å². The fourth-order valence-corrected chi connectivity index (χ4v) is 4.56. The summed E-state index contributed by atoms with van der Waals surface area (Å²) in [4.78, 5) is 33.6. The smallest absolute Gasteiger partial charge is 0.332 e. The first-order valence-corrected chi connectivity index (χ1v) is 13.2. The predicted molar refractivity (Wildman–Crippen MR) is 148 cm³/mol. The van der Waals surface area contributed by atoms with Crippen LogP contribution in [0, 0.1) is 5.92 Å². The SMILES string of the molecule is CC(OC(=O)C(C)(C)N1Cc2cc(OCCCC(=O)N(C)CC3CC3)ccc2N=C1N)c1ccccc1N. The number of nitrogen functional groups attached to an aromatic ring is 1. The van der Waals surface area contributed by atoms with E-state index in [1.807, 2.05) is 48.3 Å². The zero-order valence-electron chi connectivity index (χ0n) is 22.8. The van der Waals surface area contributed by atoms with Gasteiger partial charge in [-0.25, -0.2) is 9.79 Å². The fourth-order valence-electron chi connectivity index (χ4n) is 4.56. The number of hydrogen-bond donors (Lipinski definition) is 2. The van der Waals surface area contributed by atoms with Crippen LogP contribution in [0.15, 0.2) is 47.5 Å². The molecule has 1 aliphatic heterocycles. The number of carbonyl (C=O) groups excluding carboxylic acids is 2. The number of nitrogens with zero attached hydrogens (tertiary/aromatic N) is 3. The maximum atomic E-state index is 13.3. The Morgan fingerprint density at radius 2 is 1.92 bits per heavy atom. The van der Waals surface area contributed by atoms with Gasteiger partial charge >= 0.3 is 5.97 Å². The van der Waals surface area contributed by atoms with Gasteiger partial charge in [0.1, 0.15) is 17.4 Å². The minimum atomic E-state index is -1.08. The van der Waals surface area contributed by atoms with Gasteiger partial charge in [0, 0.05) is 43.4 Å². The molecular weight excluding hydrogens is 482 g/mol. The standard InChI is InChI=1S/C29H39N5O4/c1-19(23-8-5-6-9-24(23)30)38-27(36)29(2,3)34-18-21-16-22(13-14-25(21)32-28(34)31)37-15-7-10-26(35)33(4)17-20-11-12-20/h5-6,8-9,13-14,16,19-20H,7,10-12,15,17-18,30H2,1-4H3,(H2,31,32). The molecular formula is C29H39N5O4. The molecule has 38 heavy (non-hydrogen) atoms. The zero-order chi connectivity index (χ0) is 27.4. The number of para-hydroxylation sites is 1. The number of nitrogens with two attached hydrogens (primary N) is 2. The van der Waals surface area contributed by atoms with E-state index >= 15 is 0 Å². The lowest BCUT2D eigenvalue weighted by molar-refractivity contribution is -0.159.